The smallest absolute Gasteiger partial charge is 0.230 e. The van der Waals surface area contributed by atoms with E-state index < -0.39 is 0 Å². The van der Waals surface area contributed by atoms with Gasteiger partial charge < -0.3 is 9.64 Å². The molecule has 1 saturated carbocycles. The standard InChI is InChI=1S/C23H25FN4O2/c1-14-6-9-19-21(28(14)23(29)15-7-8-15)11-10-18(20-13-27(2)26-25-20)22(19)30-17-5-3-4-16(24)12-17/h3-5,10-15,25-26H,6-9H2,1-2H3/p+1. The van der Waals surface area contributed by atoms with E-state index in [0.717, 1.165) is 48.2 Å². The zero-order chi connectivity index (χ0) is 20.8. The maximum absolute atomic E-state index is 13.8. The van der Waals surface area contributed by atoms with Gasteiger partial charge in [-0.1, -0.05) is 11.6 Å². The van der Waals surface area contributed by atoms with Crippen molar-refractivity contribution in [1.82, 2.24) is 10.5 Å². The van der Waals surface area contributed by atoms with Gasteiger partial charge in [0.2, 0.25) is 5.91 Å². The van der Waals surface area contributed by atoms with Crippen molar-refractivity contribution in [2.24, 2.45) is 5.92 Å². The van der Waals surface area contributed by atoms with Crippen molar-refractivity contribution < 1.29 is 19.3 Å². The average molecular weight is 409 g/mol. The normalized spacial score (nSPS) is 20.8. The first kappa shape index (κ1) is 19.1. The average Bonchev–Trinajstić information content (AvgIpc) is 3.49. The Balaban J connectivity index is 1.63. The van der Waals surface area contributed by atoms with Crippen molar-refractivity contribution in [3.63, 3.8) is 0 Å². The van der Waals surface area contributed by atoms with Gasteiger partial charge in [0.15, 0.2) is 5.70 Å². The number of ether oxygens (including phenoxy) is 1. The molecule has 30 heavy (non-hydrogen) atoms. The number of hydrogen-bond acceptors (Lipinski definition) is 4. The van der Waals surface area contributed by atoms with Gasteiger partial charge in [-0.2, -0.15) is 0 Å². The quantitative estimate of drug-likeness (QED) is 0.763. The van der Waals surface area contributed by atoms with Gasteiger partial charge >= 0.3 is 0 Å². The molecule has 3 N–H and O–H groups in total. The summed E-state index contributed by atoms with van der Waals surface area (Å²) < 4.78 is 20.1. The Labute approximate surface area is 175 Å². The van der Waals surface area contributed by atoms with Gasteiger partial charge in [-0.25, -0.2) is 9.82 Å². The number of rotatable bonds is 4. The molecule has 6 nitrogen and oxygen atoms in total. The van der Waals surface area contributed by atoms with Crippen molar-refractivity contribution >= 4 is 17.3 Å². The number of carbonyl (C=O) groups is 1. The molecule has 0 spiro atoms. The number of anilines is 1. The molecule has 1 atom stereocenters. The zero-order valence-electron chi connectivity index (χ0n) is 17.2. The first-order valence-electron chi connectivity index (χ1n) is 10.5. The fraction of sp³-hybridized carbons (Fsp3) is 0.348. The number of nitrogens with one attached hydrogen (secondary N) is 1. The first-order chi connectivity index (χ1) is 14.5. The summed E-state index contributed by atoms with van der Waals surface area (Å²) in [5.41, 5.74) is 8.88. The summed E-state index contributed by atoms with van der Waals surface area (Å²) in [4.78, 5) is 15.0. The van der Waals surface area contributed by atoms with E-state index in [1.807, 2.05) is 40.7 Å². The molecule has 3 aliphatic rings. The second-order valence-electron chi connectivity index (χ2n) is 8.34. The van der Waals surface area contributed by atoms with Crippen LogP contribution in [-0.4, -0.2) is 24.0 Å². The summed E-state index contributed by atoms with van der Waals surface area (Å²) in [6, 6.07) is 10.4. The molecule has 0 radical (unpaired) electrons. The van der Waals surface area contributed by atoms with Crippen LogP contribution in [0.4, 0.5) is 10.1 Å². The zero-order valence-corrected chi connectivity index (χ0v) is 17.2. The van der Waals surface area contributed by atoms with Crippen molar-refractivity contribution in [2.45, 2.75) is 38.6 Å². The van der Waals surface area contributed by atoms with E-state index in [4.69, 9.17) is 4.74 Å². The van der Waals surface area contributed by atoms with Crippen molar-refractivity contribution in [3.05, 3.63) is 59.5 Å². The molecule has 1 amide bonds. The van der Waals surface area contributed by atoms with Gasteiger partial charge in [-0.05, 0) is 56.9 Å². The van der Waals surface area contributed by atoms with Crippen LogP contribution in [-0.2, 0) is 11.2 Å². The Morgan fingerprint density at radius 3 is 2.77 bits per heavy atom. The van der Waals surface area contributed by atoms with Gasteiger partial charge in [0.05, 0.1) is 17.5 Å². The van der Waals surface area contributed by atoms with Crippen LogP contribution >= 0.6 is 0 Å². The highest BCUT2D eigenvalue weighted by molar-refractivity contribution is 5.98. The molecular weight excluding hydrogens is 383 g/mol. The maximum atomic E-state index is 13.8. The molecule has 0 aromatic heterocycles. The molecule has 2 aliphatic heterocycles. The lowest BCUT2D eigenvalue weighted by Gasteiger charge is -2.36. The van der Waals surface area contributed by atoms with E-state index in [1.54, 1.807) is 12.1 Å². The third-order valence-electron chi connectivity index (χ3n) is 6.00. The molecule has 1 fully saturated rings. The molecule has 156 valence electrons. The Morgan fingerprint density at radius 2 is 2.07 bits per heavy atom. The number of carbonyl (C=O) groups excluding carboxylic acids is 1. The van der Waals surface area contributed by atoms with Gasteiger partial charge in [-0.3, -0.25) is 9.80 Å². The topological polar surface area (TPSA) is 61.4 Å². The minimum Gasteiger partial charge on any atom is -0.456 e. The number of halogens is 1. The SMILES string of the molecule is CC1CCc2c(ccc(C3=CN(C)N[NH2+]3)c2Oc2cccc(F)c2)N1C(=O)C1CC1. The molecule has 2 aromatic carbocycles. The number of hydrazine groups is 1. The fourth-order valence-corrected chi connectivity index (χ4v) is 4.26. The Kier molecular flexibility index (Phi) is 4.72. The monoisotopic (exact) mass is 409 g/mol. The Morgan fingerprint density at radius 1 is 1.23 bits per heavy atom. The van der Waals surface area contributed by atoms with Crippen LogP contribution in [0, 0.1) is 11.7 Å². The minimum absolute atomic E-state index is 0.148. The van der Waals surface area contributed by atoms with Crippen LogP contribution in [0.3, 0.4) is 0 Å². The number of nitrogens with zero attached hydrogens (tertiary/aromatic N) is 2. The van der Waals surface area contributed by atoms with Crippen molar-refractivity contribution in [3.8, 4) is 11.5 Å². The lowest BCUT2D eigenvalue weighted by molar-refractivity contribution is -0.639. The van der Waals surface area contributed by atoms with Gasteiger partial charge in [0.1, 0.15) is 17.3 Å². The summed E-state index contributed by atoms with van der Waals surface area (Å²) in [7, 11) is 1.92. The predicted molar refractivity (Wildman–Crippen MR) is 112 cm³/mol. The lowest BCUT2D eigenvalue weighted by atomic mass is 9.92. The van der Waals surface area contributed by atoms with E-state index in [1.165, 1.54) is 12.1 Å². The van der Waals surface area contributed by atoms with Crippen LogP contribution in [0.1, 0.15) is 37.3 Å². The molecule has 1 unspecified atom stereocenters. The van der Waals surface area contributed by atoms with Crippen molar-refractivity contribution in [1.29, 1.82) is 0 Å². The lowest BCUT2D eigenvalue weighted by Crippen LogP contribution is -2.89. The third-order valence-corrected chi connectivity index (χ3v) is 6.00. The van der Waals surface area contributed by atoms with E-state index in [2.05, 4.69) is 12.5 Å². The summed E-state index contributed by atoms with van der Waals surface area (Å²) in [5, 5.41) is 1.87. The van der Waals surface area contributed by atoms with Gasteiger partial charge in [0.25, 0.3) is 0 Å². The third kappa shape index (κ3) is 3.44. The van der Waals surface area contributed by atoms with Crippen LogP contribution in [0.2, 0.25) is 0 Å². The highest BCUT2D eigenvalue weighted by Gasteiger charge is 2.39. The molecule has 5 rings (SSSR count). The van der Waals surface area contributed by atoms with E-state index in [-0.39, 0.29) is 23.7 Å². The molecule has 7 heteroatoms. The van der Waals surface area contributed by atoms with Crippen LogP contribution in [0.5, 0.6) is 11.5 Å². The van der Waals surface area contributed by atoms with Gasteiger partial charge in [-0.15, -0.1) is 0 Å². The predicted octanol–water partition coefficient (Wildman–Crippen LogP) is 2.92. The van der Waals surface area contributed by atoms with Crippen LogP contribution in [0.25, 0.3) is 5.70 Å². The molecule has 0 saturated heterocycles. The maximum Gasteiger partial charge on any atom is 0.230 e. The molecule has 2 heterocycles. The number of benzene rings is 2. The van der Waals surface area contributed by atoms with Crippen LogP contribution < -0.4 is 20.6 Å². The van der Waals surface area contributed by atoms with Crippen molar-refractivity contribution in [2.75, 3.05) is 11.9 Å². The first-order valence-corrected chi connectivity index (χ1v) is 10.5. The number of nitrogens with two attached hydrogens (primary N) is 1. The van der Waals surface area contributed by atoms with Gasteiger partial charge in [0, 0.05) is 30.6 Å². The van der Waals surface area contributed by atoms with Crippen LogP contribution in [0.15, 0.2) is 42.6 Å². The molecule has 0 bridgehead atoms. The Hall–Kier alpha value is -2.90. The molecular formula is C23H26FN4O2+. The number of fused-ring (bicyclic) bond motifs is 1. The highest BCUT2D eigenvalue weighted by Crippen LogP contribution is 2.44. The summed E-state index contributed by atoms with van der Waals surface area (Å²) in [5.74, 6) is 1.16. The highest BCUT2D eigenvalue weighted by atomic mass is 19.1. The summed E-state index contributed by atoms with van der Waals surface area (Å²) in [6.07, 6.45) is 5.61. The van der Waals surface area contributed by atoms with E-state index in [9.17, 15) is 9.18 Å². The van der Waals surface area contributed by atoms with E-state index in [0.29, 0.717) is 11.5 Å². The fourth-order valence-electron chi connectivity index (χ4n) is 4.26. The second kappa shape index (κ2) is 7.41. The number of hydrogen-bond donors (Lipinski definition) is 2. The molecule has 2 aromatic rings. The minimum atomic E-state index is -0.342. The van der Waals surface area contributed by atoms with E-state index >= 15 is 0 Å². The largest absolute Gasteiger partial charge is 0.456 e. The number of amides is 1. The number of quaternary nitrogens is 1. The second-order valence-corrected chi connectivity index (χ2v) is 8.34. The summed E-state index contributed by atoms with van der Waals surface area (Å²) >= 11 is 0. The Bertz CT molecular complexity index is 1030. The summed E-state index contributed by atoms with van der Waals surface area (Å²) in [6.45, 7) is 2.11. The molecule has 1 aliphatic carbocycles.